The van der Waals surface area contributed by atoms with Crippen molar-refractivity contribution in [2.24, 2.45) is 5.92 Å². The van der Waals surface area contributed by atoms with Gasteiger partial charge in [-0.3, -0.25) is 9.78 Å². The predicted molar refractivity (Wildman–Crippen MR) is 140 cm³/mol. The van der Waals surface area contributed by atoms with E-state index in [1.54, 1.807) is 42.5 Å². The molecule has 8 nitrogen and oxygen atoms in total. The SMILES string of the molecule is CC(C)(C)NC(=O)N1CC[C@H](CCCc2ccc(NC(=O)c3nc(-c4ccccc4)oc3C(F)(F)F)cn2)C1. The van der Waals surface area contributed by atoms with Crippen molar-refractivity contribution in [2.75, 3.05) is 18.4 Å². The molecule has 2 N–H and O–H groups in total. The number of nitrogens with one attached hydrogen (secondary N) is 2. The Labute approximate surface area is 225 Å². The summed E-state index contributed by atoms with van der Waals surface area (Å²) in [5, 5.41) is 5.42. The minimum absolute atomic E-state index is 0.0337. The summed E-state index contributed by atoms with van der Waals surface area (Å²) in [5.41, 5.74) is 0.265. The zero-order valence-corrected chi connectivity index (χ0v) is 22.1. The van der Waals surface area contributed by atoms with E-state index in [4.69, 9.17) is 4.42 Å². The number of amides is 3. The maximum atomic E-state index is 13.5. The first-order valence-corrected chi connectivity index (χ1v) is 12.9. The van der Waals surface area contributed by atoms with Gasteiger partial charge in [-0.05, 0) is 76.6 Å². The summed E-state index contributed by atoms with van der Waals surface area (Å²) in [7, 11) is 0. The summed E-state index contributed by atoms with van der Waals surface area (Å²) in [5.74, 6) is -2.35. The molecule has 1 atom stereocenters. The minimum atomic E-state index is -4.89. The van der Waals surface area contributed by atoms with Gasteiger partial charge in [-0.1, -0.05) is 18.2 Å². The summed E-state index contributed by atoms with van der Waals surface area (Å²) in [6.07, 6.45) is 0.0307. The lowest BCUT2D eigenvalue weighted by atomic mass is 10.0. The topological polar surface area (TPSA) is 100 Å². The van der Waals surface area contributed by atoms with E-state index < -0.39 is 23.5 Å². The van der Waals surface area contributed by atoms with Crippen LogP contribution < -0.4 is 10.6 Å². The number of rotatable bonds is 7. The highest BCUT2D eigenvalue weighted by molar-refractivity contribution is 6.03. The molecule has 0 bridgehead atoms. The van der Waals surface area contributed by atoms with Gasteiger partial charge >= 0.3 is 12.2 Å². The highest BCUT2D eigenvalue weighted by Gasteiger charge is 2.42. The number of benzene rings is 1. The Morgan fingerprint density at radius 3 is 2.49 bits per heavy atom. The Bertz CT molecular complexity index is 1280. The van der Waals surface area contributed by atoms with Gasteiger partial charge in [0.15, 0.2) is 5.69 Å². The Morgan fingerprint density at radius 1 is 1.10 bits per heavy atom. The van der Waals surface area contributed by atoms with Gasteiger partial charge in [0.25, 0.3) is 5.91 Å². The Balaban J connectivity index is 1.30. The van der Waals surface area contributed by atoms with Crippen molar-refractivity contribution in [1.82, 2.24) is 20.2 Å². The third kappa shape index (κ3) is 7.58. The van der Waals surface area contributed by atoms with Gasteiger partial charge in [0.05, 0.1) is 11.9 Å². The highest BCUT2D eigenvalue weighted by atomic mass is 19.4. The Kier molecular flexibility index (Phi) is 8.27. The van der Waals surface area contributed by atoms with Gasteiger partial charge < -0.3 is 20.0 Å². The van der Waals surface area contributed by atoms with E-state index in [1.165, 1.54) is 6.20 Å². The van der Waals surface area contributed by atoms with Gasteiger partial charge in [0.2, 0.25) is 11.7 Å². The number of alkyl halides is 3. The standard InChI is InChI=1S/C28H32F3N5O3/c1-27(2,3)35-26(38)36-15-14-18(17-36)8-7-11-20-12-13-21(16-32-20)33-24(37)22-23(28(29,30)31)39-25(34-22)19-9-5-4-6-10-19/h4-6,9-10,12-13,16,18H,7-8,11,14-15,17H2,1-3H3,(H,33,37)(H,35,38)/t18-/m0/s1. The fourth-order valence-electron chi connectivity index (χ4n) is 4.43. The molecule has 1 fully saturated rings. The number of hydrogen-bond acceptors (Lipinski definition) is 5. The number of likely N-dealkylation sites (tertiary alicyclic amines) is 1. The van der Waals surface area contributed by atoms with Gasteiger partial charge in [-0.15, -0.1) is 0 Å². The maximum Gasteiger partial charge on any atom is 0.452 e. The molecule has 11 heteroatoms. The molecule has 3 heterocycles. The van der Waals surface area contributed by atoms with Crippen LogP contribution in [0.1, 0.15) is 62.0 Å². The zero-order valence-electron chi connectivity index (χ0n) is 22.1. The first-order chi connectivity index (χ1) is 18.4. The number of urea groups is 1. The van der Waals surface area contributed by atoms with E-state index in [0.29, 0.717) is 17.9 Å². The summed E-state index contributed by atoms with van der Waals surface area (Å²) >= 11 is 0. The van der Waals surface area contributed by atoms with Crippen LogP contribution in [0.25, 0.3) is 11.5 Å². The number of hydrogen-bond donors (Lipinski definition) is 2. The van der Waals surface area contributed by atoms with Crippen molar-refractivity contribution in [3.63, 3.8) is 0 Å². The van der Waals surface area contributed by atoms with Gasteiger partial charge in [-0.2, -0.15) is 13.2 Å². The number of nitrogens with zero attached hydrogens (tertiary/aromatic N) is 3. The second-order valence-electron chi connectivity index (χ2n) is 10.7. The maximum absolute atomic E-state index is 13.5. The number of aromatic nitrogens is 2. The van der Waals surface area contributed by atoms with Gasteiger partial charge in [0.1, 0.15) is 0 Å². The molecular formula is C28H32F3N5O3. The molecule has 1 aromatic carbocycles. The number of pyridine rings is 1. The zero-order chi connectivity index (χ0) is 28.2. The van der Waals surface area contributed by atoms with Crippen LogP contribution in [-0.4, -0.2) is 45.4 Å². The molecule has 0 radical (unpaired) electrons. The number of oxazole rings is 1. The van der Waals surface area contributed by atoms with E-state index in [9.17, 15) is 22.8 Å². The summed E-state index contributed by atoms with van der Waals surface area (Å²) < 4.78 is 45.5. The fourth-order valence-corrected chi connectivity index (χ4v) is 4.43. The molecule has 4 rings (SSSR count). The lowest BCUT2D eigenvalue weighted by Gasteiger charge is -2.25. The molecule has 3 amide bonds. The second kappa shape index (κ2) is 11.5. The van der Waals surface area contributed by atoms with Crippen molar-refractivity contribution < 1.29 is 27.2 Å². The molecule has 0 saturated carbocycles. The molecule has 3 aromatic rings. The van der Waals surface area contributed by atoms with Crippen molar-refractivity contribution >= 4 is 17.6 Å². The third-order valence-electron chi connectivity index (χ3n) is 6.30. The number of anilines is 1. The van der Waals surface area contributed by atoms with E-state index >= 15 is 0 Å². The van der Waals surface area contributed by atoms with Crippen LogP contribution >= 0.6 is 0 Å². The van der Waals surface area contributed by atoms with Crippen molar-refractivity contribution in [3.8, 4) is 11.5 Å². The predicted octanol–water partition coefficient (Wildman–Crippen LogP) is 6.16. The van der Waals surface area contributed by atoms with Crippen molar-refractivity contribution in [3.05, 3.63) is 65.8 Å². The third-order valence-corrected chi connectivity index (χ3v) is 6.30. The molecule has 0 spiro atoms. The quantitative estimate of drug-likeness (QED) is 0.372. The number of halogens is 3. The first kappa shape index (κ1) is 28.1. The van der Waals surface area contributed by atoms with Crippen LogP contribution in [-0.2, 0) is 12.6 Å². The Hall–Kier alpha value is -3.89. The van der Waals surface area contributed by atoms with Crippen LogP contribution in [0.3, 0.4) is 0 Å². The fraction of sp³-hybridized carbons (Fsp3) is 0.429. The molecule has 1 aliphatic rings. The lowest BCUT2D eigenvalue weighted by molar-refractivity contribution is -0.153. The van der Waals surface area contributed by atoms with Crippen molar-refractivity contribution in [2.45, 2.75) is 58.2 Å². The summed E-state index contributed by atoms with van der Waals surface area (Å²) in [4.78, 5) is 35.1. The lowest BCUT2D eigenvalue weighted by Crippen LogP contribution is -2.47. The normalized spacial score (nSPS) is 15.8. The van der Waals surface area contributed by atoms with Crippen LogP contribution in [0.4, 0.5) is 23.7 Å². The monoisotopic (exact) mass is 543 g/mol. The number of carbonyl (C=O) groups excluding carboxylic acids is 2. The van der Waals surface area contributed by atoms with Crippen molar-refractivity contribution in [1.29, 1.82) is 0 Å². The summed E-state index contributed by atoms with van der Waals surface area (Å²) in [6, 6.07) is 11.4. The largest absolute Gasteiger partial charge is 0.452 e. The average Bonchev–Trinajstić information content (AvgIpc) is 3.53. The number of carbonyl (C=O) groups is 2. The molecule has 2 aromatic heterocycles. The van der Waals surface area contributed by atoms with Gasteiger partial charge in [-0.25, -0.2) is 9.78 Å². The smallest absolute Gasteiger partial charge is 0.431 e. The molecule has 208 valence electrons. The van der Waals surface area contributed by atoms with Gasteiger partial charge in [0, 0.05) is 29.9 Å². The first-order valence-electron chi connectivity index (χ1n) is 12.9. The van der Waals surface area contributed by atoms with Crippen LogP contribution in [0.5, 0.6) is 0 Å². The summed E-state index contributed by atoms with van der Waals surface area (Å²) in [6.45, 7) is 7.34. The molecule has 39 heavy (non-hydrogen) atoms. The highest BCUT2D eigenvalue weighted by Crippen LogP contribution is 2.35. The molecule has 0 unspecified atom stereocenters. The number of aryl methyl sites for hydroxylation is 1. The Morgan fingerprint density at radius 2 is 1.85 bits per heavy atom. The molecule has 0 aliphatic carbocycles. The molecular weight excluding hydrogens is 511 g/mol. The van der Waals surface area contributed by atoms with E-state index in [-0.39, 0.29) is 23.1 Å². The molecule has 1 saturated heterocycles. The second-order valence-corrected chi connectivity index (χ2v) is 10.7. The minimum Gasteiger partial charge on any atom is -0.431 e. The molecule has 1 aliphatic heterocycles. The van der Waals surface area contributed by atoms with E-state index in [1.807, 2.05) is 25.7 Å². The van der Waals surface area contributed by atoms with E-state index in [0.717, 1.165) is 38.0 Å². The average molecular weight is 544 g/mol. The van der Waals surface area contributed by atoms with E-state index in [2.05, 4.69) is 20.6 Å². The van der Waals surface area contributed by atoms with Crippen LogP contribution in [0.15, 0.2) is 53.1 Å². The van der Waals surface area contributed by atoms with Crippen LogP contribution in [0.2, 0.25) is 0 Å². The van der Waals surface area contributed by atoms with Crippen LogP contribution in [0, 0.1) is 5.92 Å².